The topological polar surface area (TPSA) is 54.5 Å². The standard InChI is InChI=1S/C17H11IN2O2/c18-14-5-3-4-12(8-14)17(21)22-11-13-10-20-7-2-1-6-16(20)15(13)9-19/h1-8,10H,11H2. The number of hydrogen-bond donors (Lipinski definition) is 0. The fourth-order valence-electron chi connectivity index (χ4n) is 2.26. The number of hydrogen-bond acceptors (Lipinski definition) is 3. The molecule has 0 bridgehead atoms. The second-order valence-electron chi connectivity index (χ2n) is 4.72. The monoisotopic (exact) mass is 402 g/mol. The highest BCUT2D eigenvalue weighted by molar-refractivity contribution is 14.1. The van der Waals surface area contributed by atoms with Crippen LogP contribution in [0.4, 0.5) is 0 Å². The zero-order valence-electron chi connectivity index (χ0n) is 11.5. The average molecular weight is 402 g/mol. The maximum atomic E-state index is 12.1. The number of rotatable bonds is 3. The van der Waals surface area contributed by atoms with Gasteiger partial charge in [-0.3, -0.25) is 0 Å². The number of halogens is 1. The third-order valence-electron chi connectivity index (χ3n) is 3.29. The van der Waals surface area contributed by atoms with Crippen molar-refractivity contribution in [2.24, 2.45) is 0 Å². The van der Waals surface area contributed by atoms with E-state index < -0.39 is 5.97 Å². The first kappa shape index (κ1) is 14.6. The van der Waals surface area contributed by atoms with Crippen LogP contribution in [0.3, 0.4) is 0 Å². The Kier molecular flexibility index (Phi) is 4.11. The molecule has 0 radical (unpaired) electrons. The molecular weight excluding hydrogens is 391 g/mol. The Balaban J connectivity index is 1.82. The Hall–Kier alpha value is -2.33. The molecule has 0 aliphatic rings. The molecule has 0 aliphatic carbocycles. The molecule has 108 valence electrons. The van der Waals surface area contributed by atoms with Gasteiger partial charge in [-0.1, -0.05) is 12.1 Å². The maximum Gasteiger partial charge on any atom is 0.338 e. The summed E-state index contributed by atoms with van der Waals surface area (Å²) in [6, 6.07) is 15.0. The van der Waals surface area contributed by atoms with Gasteiger partial charge >= 0.3 is 5.97 Å². The summed E-state index contributed by atoms with van der Waals surface area (Å²) in [4.78, 5) is 12.1. The van der Waals surface area contributed by atoms with E-state index >= 15 is 0 Å². The SMILES string of the molecule is N#Cc1c(COC(=O)c2cccc(I)c2)cn2ccccc12. The number of nitrogens with zero attached hydrogens (tertiary/aromatic N) is 2. The van der Waals surface area contributed by atoms with Crippen LogP contribution < -0.4 is 0 Å². The van der Waals surface area contributed by atoms with Crippen LogP contribution in [-0.2, 0) is 11.3 Å². The summed E-state index contributed by atoms with van der Waals surface area (Å²) in [5.74, 6) is -0.391. The largest absolute Gasteiger partial charge is 0.457 e. The number of ether oxygens (including phenoxy) is 1. The Bertz CT molecular complexity index is 893. The molecule has 0 spiro atoms. The summed E-state index contributed by atoms with van der Waals surface area (Å²) in [5.41, 5.74) is 2.56. The highest BCUT2D eigenvalue weighted by Crippen LogP contribution is 2.19. The first-order chi connectivity index (χ1) is 10.7. The fraction of sp³-hybridized carbons (Fsp3) is 0.0588. The van der Waals surface area contributed by atoms with Gasteiger partial charge in [-0.15, -0.1) is 0 Å². The summed E-state index contributed by atoms with van der Waals surface area (Å²) in [6.07, 6.45) is 3.68. The molecule has 1 aromatic carbocycles. The summed E-state index contributed by atoms with van der Waals surface area (Å²) >= 11 is 2.15. The molecule has 22 heavy (non-hydrogen) atoms. The summed E-state index contributed by atoms with van der Waals surface area (Å²) in [5, 5.41) is 9.32. The second-order valence-corrected chi connectivity index (χ2v) is 5.97. The van der Waals surface area contributed by atoms with Crippen LogP contribution in [-0.4, -0.2) is 10.4 Å². The predicted octanol–water partition coefficient (Wildman–Crippen LogP) is 3.77. The molecule has 0 fully saturated rings. The van der Waals surface area contributed by atoms with Crippen molar-refractivity contribution in [3.63, 3.8) is 0 Å². The van der Waals surface area contributed by atoms with E-state index in [9.17, 15) is 10.1 Å². The quantitative estimate of drug-likeness (QED) is 0.495. The number of benzene rings is 1. The van der Waals surface area contributed by atoms with E-state index in [4.69, 9.17) is 4.74 Å². The molecule has 3 rings (SSSR count). The van der Waals surface area contributed by atoms with Gasteiger partial charge in [0.15, 0.2) is 0 Å². The lowest BCUT2D eigenvalue weighted by atomic mass is 10.2. The molecule has 0 aliphatic heterocycles. The molecule has 0 atom stereocenters. The van der Waals surface area contributed by atoms with Gasteiger partial charge in [0.05, 0.1) is 16.6 Å². The molecule has 5 heteroatoms. The number of fused-ring (bicyclic) bond motifs is 1. The number of esters is 1. The zero-order chi connectivity index (χ0) is 15.5. The molecule has 0 saturated carbocycles. The predicted molar refractivity (Wildman–Crippen MR) is 90.4 cm³/mol. The number of pyridine rings is 1. The Morgan fingerprint density at radius 3 is 2.91 bits per heavy atom. The summed E-state index contributed by atoms with van der Waals surface area (Å²) < 4.78 is 8.16. The lowest BCUT2D eigenvalue weighted by molar-refractivity contribution is 0.0472. The minimum absolute atomic E-state index is 0.0783. The van der Waals surface area contributed by atoms with Gasteiger partial charge in [-0.2, -0.15) is 5.26 Å². The normalized spacial score (nSPS) is 10.4. The van der Waals surface area contributed by atoms with Gasteiger partial charge in [-0.05, 0) is 52.9 Å². The van der Waals surface area contributed by atoms with Crippen molar-refractivity contribution >= 4 is 34.1 Å². The molecule has 3 aromatic rings. The van der Waals surface area contributed by atoms with Crippen LogP contribution in [0.5, 0.6) is 0 Å². The molecule has 2 heterocycles. The minimum atomic E-state index is -0.391. The van der Waals surface area contributed by atoms with Gasteiger partial charge in [-0.25, -0.2) is 4.79 Å². The highest BCUT2D eigenvalue weighted by Gasteiger charge is 2.13. The zero-order valence-corrected chi connectivity index (χ0v) is 13.6. The van der Waals surface area contributed by atoms with E-state index in [1.807, 2.05) is 47.1 Å². The lowest BCUT2D eigenvalue weighted by Crippen LogP contribution is -2.05. The van der Waals surface area contributed by atoms with E-state index in [0.717, 1.165) is 9.09 Å². The third-order valence-corrected chi connectivity index (χ3v) is 3.96. The van der Waals surface area contributed by atoms with Crippen LogP contribution in [0.15, 0.2) is 54.9 Å². The van der Waals surface area contributed by atoms with E-state index in [-0.39, 0.29) is 6.61 Å². The highest BCUT2D eigenvalue weighted by atomic mass is 127. The Morgan fingerprint density at radius 2 is 2.14 bits per heavy atom. The van der Waals surface area contributed by atoms with Crippen LogP contribution in [0.25, 0.3) is 5.52 Å². The van der Waals surface area contributed by atoms with Gasteiger partial charge in [0.1, 0.15) is 12.7 Å². The summed E-state index contributed by atoms with van der Waals surface area (Å²) in [7, 11) is 0. The first-order valence-electron chi connectivity index (χ1n) is 6.60. The lowest BCUT2D eigenvalue weighted by Gasteiger charge is -2.04. The molecule has 0 amide bonds. The van der Waals surface area contributed by atoms with Crippen LogP contribution in [0, 0.1) is 14.9 Å². The van der Waals surface area contributed by atoms with Crippen molar-refractivity contribution in [2.75, 3.05) is 0 Å². The number of aromatic nitrogens is 1. The fourth-order valence-corrected chi connectivity index (χ4v) is 2.80. The number of carbonyl (C=O) groups excluding carboxylic acids is 1. The number of carbonyl (C=O) groups is 1. The number of nitriles is 1. The van der Waals surface area contributed by atoms with Gasteiger partial charge in [0.2, 0.25) is 0 Å². The average Bonchev–Trinajstić information content (AvgIpc) is 2.90. The summed E-state index contributed by atoms with van der Waals surface area (Å²) in [6.45, 7) is 0.0783. The first-order valence-corrected chi connectivity index (χ1v) is 7.68. The van der Waals surface area contributed by atoms with E-state index in [1.165, 1.54) is 0 Å². The van der Waals surface area contributed by atoms with E-state index in [0.29, 0.717) is 16.7 Å². The molecule has 0 N–H and O–H groups in total. The molecule has 0 saturated heterocycles. The van der Waals surface area contributed by atoms with Crippen molar-refractivity contribution in [1.29, 1.82) is 5.26 Å². The molecule has 2 aromatic heterocycles. The maximum absolute atomic E-state index is 12.1. The minimum Gasteiger partial charge on any atom is -0.457 e. The van der Waals surface area contributed by atoms with Crippen molar-refractivity contribution in [3.8, 4) is 6.07 Å². The van der Waals surface area contributed by atoms with Crippen molar-refractivity contribution in [2.45, 2.75) is 6.61 Å². The van der Waals surface area contributed by atoms with Crippen LogP contribution >= 0.6 is 22.6 Å². The third kappa shape index (κ3) is 2.83. The van der Waals surface area contributed by atoms with Gasteiger partial charge < -0.3 is 9.14 Å². The molecule has 4 nitrogen and oxygen atoms in total. The molecule has 0 unspecified atom stereocenters. The van der Waals surface area contributed by atoms with Crippen molar-refractivity contribution < 1.29 is 9.53 Å². The Labute approximate surface area is 141 Å². The molecular formula is C17H11IN2O2. The Morgan fingerprint density at radius 1 is 1.27 bits per heavy atom. The smallest absolute Gasteiger partial charge is 0.338 e. The van der Waals surface area contributed by atoms with Crippen molar-refractivity contribution in [3.05, 3.63) is 75.1 Å². The van der Waals surface area contributed by atoms with Crippen molar-refractivity contribution in [1.82, 2.24) is 4.40 Å². The van der Waals surface area contributed by atoms with E-state index in [1.54, 1.807) is 12.1 Å². The van der Waals surface area contributed by atoms with Gasteiger partial charge in [0.25, 0.3) is 0 Å². The van der Waals surface area contributed by atoms with Gasteiger partial charge in [0, 0.05) is 21.5 Å². The van der Waals surface area contributed by atoms with E-state index in [2.05, 4.69) is 28.7 Å². The second kappa shape index (κ2) is 6.20. The van der Waals surface area contributed by atoms with Crippen LogP contribution in [0.2, 0.25) is 0 Å². The van der Waals surface area contributed by atoms with Crippen LogP contribution in [0.1, 0.15) is 21.5 Å².